The lowest BCUT2D eigenvalue weighted by Crippen LogP contribution is -2.30. The molecule has 1 fully saturated rings. The smallest absolute Gasteiger partial charge is 0.246 e. The summed E-state index contributed by atoms with van der Waals surface area (Å²) in [7, 11) is 3.56. The molecule has 1 saturated heterocycles. The number of nitrogens with one attached hydrogen (secondary N) is 2. The third kappa shape index (κ3) is 4.62. The average Bonchev–Trinajstić information content (AvgIpc) is 3.19. The molecule has 26 heavy (non-hydrogen) atoms. The van der Waals surface area contributed by atoms with Crippen LogP contribution in [0.5, 0.6) is 0 Å². The van der Waals surface area contributed by atoms with Gasteiger partial charge in [0.2, 0.25) is 11.8 Å². The number of aromatic nitrogens is 2. The van der Waals surface area contributed by atoms with Gasteiger partial charge in [0.25, 0.3) is 0 Å². The quantitative estimate of drug-likeness (QED) is 0.805. The SMILES string of the molecule is CNC(C(=O)Nc1ccc(CN2CCCC2=O)cc1)c1cnn(C)c1.Cl. The maximum atomic E-state index is 12.5. The molecule has 8 heteroatoms. The largest absolute Gasteiger partial charge is 0.338 e. The number of aryl methyl sites for hydroxylation is 1. The number of likely N-dealkylation sites (tertiary alicyclic amines) is 1. The van der Waals surface area contributed by atoms with E-state index in [0.717, 1.165) is 29.8 Å². The Morgan fingerprint density at radius 3 is 2.58 bits per heavy atom. The first-order chi connectivity index (χ1) is 12.1. The first-order valence-corrected chi connectivity index (χ1v) is 8.40. The van der Waals surface area contributed by atoms with Crippen molar-refractivity contribution in [1.29, 1.82) is 0 Å². The van der Waals surface area contributed by atoms with E-state index in [1.807, 2.05) is 42.4 Å². The molecule has 1 aromatic heterocycles. The standard InChI is InChI=1S/C18H23N5O2.ClH/c1-19-17(14-10-20-22(2)12-14)18(25)21-15-7-5-13(6-8-15)11-23-9-3-4-16(23)24;/h5-8,10,12,17,19H,3-4,9,11H2,1-2H3,(H,21,25);1H. The van der Waals surface area contributed by atoms with E-state index in [9.17, 15) is 9.59 Å². The van der Waals surface area contributed by atoms with Crippen LogP contribution in [0.2, 0.25) is 0 Å². The van der Waals surface area contributed by atoms with E-state index >= 15 is 0 Å². The number of amides is 2. The number of hydrogen-bond acceptors (Lipinski definition) is 4. The fourth-order valence-electron chi connectivity index (χ4n) is 3.04. The highest BCUT2D eigenvalue weighted by Crippen LogP contribution is 2.18. The molecular formula is C18H24ClN5O2. The third-order valence-electron chi connectivity index (χ3n) is 4.38. The van der Waals surface area contributed by atoms with Gasteiger partial charge in [0, 0.05) is 44.0 Å². The lowest BCUT2D eigenvalue weighted by Gasteiger charge is -2.17. The second-order valence-corrected chi connectivity index (χ2v) is 6.27. The molecule has 1 aliphatic heterocycles. The number of halogens is 1. The van der Waals surface area contributed by atoms with Crippen molar-refractivity contribution in [3.63, 3.8) is 0 Å². The summed E-state index contributed by atoms with van der Waals surface area (Å²) in [6.45, 7) is 1.45. The fourth-order valence-corrected chi connectivity index (χ4v) is 3.04. The molecular weight excluding hydrogens is 354 g/mol. The van der Waals surface area contributed by atoms with Crippen LogP contribution in [-0.4, -0.2) is 40.1 Å². The van der Waals surface area contributed by atoms with E-state index in [1.165, 1.54) is 0 Å². The van der Waals surface area contributed by atoms with Crippen molar-refractivity contribution in [1.82, 2.24) is 20.0 Å². The Morgan fingerprint density at radius 1 is 1.31 bits per heavy atom. The van der Waals surface area contributed by atoms with Gasteiger partial charge in [-0.25, -0.2) is 0 Å². The van der Waals surface area contributed by atoms with Gasteiger partial charge in [-0.2, -0.15) is 5.10 Å². The van der Waals surface area contributed by atoms with E-state index in [-0.39, 0.29) is 24.2 Å². The van der Waals surface area contributed by atoms with Crippen LogP contribution >= 0.6 is 12.4 Å². The summed E-state index contributed by atoms with van der Waals surface area (Å²) in [5.41, 5.74) is 2.60. The summed E-state index contributed by atoms with van der Waals surface area (Å²) in [5.74, 6) is 0.0729. The van der Waals surface area contributed by atoms with Crippen LogP contribution in [0.1, 0.15) is 30.0 Å². The van der Waals surface area contributed by atoms with Crippen LogP contribution in [0.15, 0.2) is 36.7 Å². The second kappa shape index (κ2) is 8.82. The highest BCUT2D eigenvalue weighted by atomic mass is 35.5. The van der Waals surface area contributed by atoms with Gasteiger partial charge in [-0.05, 0) is 31.2 Å². The Morgan fingerprint density at radius 2 is 2.04 bits per heavy atom. The van der Waals surface area contributed by atoms with E-state index in [4.69, 9.17) is 0 Å². The van der Waals surface area contributed by atoms with E-state index < -0.39 is 6.04 Å². The highest BCUT2D eigenvalue weighted by Gasteiger charge is 2.21. The maximum absolute atomic E-state index is 12.5. The van der Waals surface area contributed by atoms with Crippen molar-refractivity contribution < 1.29 is 9.59 Å². The average molecular weight is 378 g/mol. The van der Waals surface area contributed by atoms with Crippen molar-refractivity contribution in [2.24, 2.45) is 7.05 Å². The van der Waals surface area contributed by atoms with Gasteiger partial charge < -0.3 is 15.5 Å². The van der Waals surface area contributed by atoms with Crippen LogP contribution in [-0.2, 0) is 23.2 Å². The molecule has 3 rings (SSSR count). The van der Waals surface area contributed by atoms with Crippen LogP contribution in [0.25, 0.3) is 0 Å². The Bertz CT molecular complexity index is 759. The predicted octanol–water partition coefficient (Wildman–Crippen LogP) is 1.86. The number of benzene rings is 1. The Hall–Kier alpha value is -2.38. The number of carbonyl (C=O) groups is 2. The molecule has 0 saturated carbocycles. The minimum atomic E-state index is -0.462. The molecule has 1 aliphatic rings. The van der Waals surface area contributed by atoms with Crippen LogP contribution in [0.3, 0.4) is 0 Å². The summed E-state index contributed by atoms with van der Waals surface area (Å²) >= 11 is 0. The molecule has 0 bridgehead atoms. The summed E-state index contributed by atoms with van der Waals surface area (Å²) in [6.07, 6.45) is 5.08. The summed E-state index contributed by atoms with van der Waals surface area (Å²) in [4.78, 5) is 26.1. The molecule has 1 atom stereocenters. The third-order valence-corrected chi connectivity index (χ3v) is 4.38. The molecule has 2 N–H and O–H groups in total. The number of nitrogens with zero attached hydrogens (tertiary/aromatic N) is 3. The number of likely N-dealkylation sites (N-methyl/N-ethyl adjacent to an activating group) is 1. The Kier molecular flexibility index (Phi) is 6.76. The molecule has 2 amide bonds. The van der Waals surface area contributed by atoms with Gasteiger partial charge >= 0.3 is 0 Å². The molecule has 7 nitrogen and oxygen atoms in total. The van der Waals surface area contributed by atoms with Crippen molar-refractivity contribution in [3.8, 4) is 0 Å². The molecule has 2 aromatic rings. The lowest BCUT2D eigenvalue weighted by molar-refractivity contribution is -0.128. The predicted molar refractivity (Wildman–Crippen MR) is 102 cm³/mol. The second-order valence-electron chi connectivity index (χ2n) is 6.27. The summed E-state index contributed by atoms with van der Waals surface area (Å²) < 4.78 is 1.67. The molecule has 0 aliphatic carbocycles. The minimum Gasteiger partial charge on any atom is -0.338 e. The molecule has 1 unspecified atom stereocenters. The van der Waals surface area contributed by atoms with Gasteiger partial charge in [-0.15, -0.1) is 12.4 Å². The zero-order valence-corrected chi connectivity index (χ0v) is 15.8. The van der Waals surface area contributed by atoms with Crippen molar-refractivity contribution in [3.05, 3.63) is 47.8 Å². The topological polar surface area (TPSA) is 79.3 Å². The van der Waals surface area contributed by atoms with Gasteiger partial charge in [0.15, 0.2) is 0 Å². The molecule has 140 valence electrons. The zero-order valence-electron chi connectivity index (χ0n) is 14.9. The Labute approximate surface area is 159 Å². The minimum absolute atomic E-state index is 0. The summed E-state index contributed by atoms with van der Waals surface area (Å²) in [6, 6.07) is 7.16. The molecule has 1 aromatic carbocycles. The van der Waals surface area contributed by atoms with Gasteiger partial charge in [-0.3, -0.25) is 14.3 Å². The van der Waals surface area contributed by atoms with Gasteiger partial charge in [0.05, 0.1) is 6.20 Å². The van der Waals surface area contributed by atoms with Crippen LogP contribution in [0.4, 0.5) is 5.69 Å². The van der Waals surface area contributed by atoms with Crippen molar-refractivity contribution in [2.45, 2.75) is 25.4 Å². The van der Waals surface area contributed by atoms with Crippen molar-refractivity contribution >= 4 is 29.9 Å². The fraction of sp³-hybridized carbons (Fsp3) is 0.389. The number of rotatable bonds is 6. The molecule has 2 heterocycles. The first kappa shape index (κ1) is 19.9. The Balaban J connectivity index is 0.00000243. The number of hydrogen-bond donors (Lipinski definition) is 2. The summed E-state index contributed by atoms with van der Waals surface area (Å²) in [5, 5.41) is 10.0. The first-order valence-electron chi connectivity index (χ1n) is 8.40. The van der Waals surface area contributed by atoms with Crippen LogP contribution in [0, 0.1) is 0 Å². The zero-order chi connectivity index (χ0) is 17.8. The van der Waals surface area contributed by atoms with Crippen LogP contribution < -0.4 is 10.6 Å². The normalized spacial score (nSPS) is 14.8. The lowest BCUT2D eigenvalue weighted by atomic mass is 10.1. The van der Waals surface area contributed by atoms with Gasteiger partial charge in [-0.1, -0.05) is 12.1 Å². The van der Waals surface area contributed by atoms with E-state index in [2.05, 4.69) is 15.7 Å². The molecule has 0 spiro atoms. The highest BCUT2D eigenvalue weighted by molar-refractivity contribution is 5.95. The monoisotopic (exact) mass is 377 g/mol. The van der Waals surface area contributed by atoms with E-state index in [1.54, 1.807) is 17.9 Å². The maximum Gasteiger partial charge on any atom is 0.246 e. The molecule has 0 radical (unpaired) electrons. The number of anilines is 1. The number of carbonyl (C=O) groups excluding carboxylic acids is 2. The van der Waals surface area contributed by atoms with Gasteiger partial charge in [0.1, 0.15) is 6.04 Å². The van der Waals surface area contributed by atoms with Crippen molar-refractivity contribution in [2.75, 3.05) is 18.9 Å². The van der Waals surface area contributed by atoms with E-state index in [0.29, 0.717) is 13.0 Å².